The molecule has 9 heteroatoms. The zero-order chi connectivity index (χ0) is 19.5. The number of hydrogen-bond donors (Lipinski definition) is 1. The molecule has 0 radical (unpaired) electrons. The molecule has 142 valence electrons. The molecule has 0 saturated heterocycles. The summed E-state index contributed by atoms with van der Waals surface area (Å²) in [6.45, 7) is 3.30. The minimum atomic E-state index is -4.85. The lowest BCUT2D eigenvalue weighted by atomic mass is 10.2. The van der Waals surface area contributed by atoms with Gasteiger partial charge in [-0.15, -0.1) is 0 Å². The van der Waals surface area contributed by atoms with E-state index in [-0.39, 0.29) is 11.5 Å². The SMILES string of the molecule is CCC(O)Oc1cc(C)cc(OS(=O)(=O)c2ccccc2C(F)(F)F)c1. The zero-order valence-corrected chi connectivity index (χ0v) is 14.8. The van der Waals surface area contributed by atoms with Gasteiger partial charge in [-0.05, 0) is 36.8 Å². The van der Waals surface area contributed by atoms with Gasteiger partial charge in [0, 0.05) is 12.5 Å². The number of ether oxygens (including phenoxy) is 1. The Balaban J connectivity index is 2.39. The van der Waals surface area contributed by atoms with E-state index in [9.17, 15) is 26.7 Å². The third-order valence-electron chi connectivity index (χ3n) is 3.31. The Hall–Kier alpha value is -2.26. The lowest BCUT2D eigenvalue weighted by Gasteiger charge is -2.15. The van der Waals surface area contributed by atoms with Crippen molar-refractivity contribution >= 4 is 10.1 Å². The lowest BCUT2D eigenvalue weighted by molar-refractivity contribution is -0.139. The van der Waals surface area contributed by atoms with Gasteiger partial charge in [-0.2, -0.15) is 21.6 Å². The van der Waals surface area contributed by atoms with Gasteiger partial charge in [-0.25, -0.2) is 0 Å². The van der Waals surface area contributed by atoms with Crippen LogP contribution in [0.15, 0.2) is 47.4 Å². The molecule has 0 amide bonds. The minimum Gasteiger partial charge on any atom is -0.465 e. The minimum absolute atomic E-state index is 0.133. The van der Waals surface area contributed by atoms with Crippen LogP contribution in [0.5, 0.6) is 11.5 Å². The highest BCUT2D eigenvalue weighted by Crippen LogP contribution is 2.35. The number of hydrogen-bond acceptors (Lipinski definition) is 5. The molecule has 0 aliphatic rings. The van der Waals surface area contributed by atoms with Gasteiger partial charge < -0.3 is 14.0 Å². The first-order valence-electron chi connectivity index (χ1n) is 7.60. The van der Waals surface area contributed by atoms with Crippen LogP contribution in [0.25, 0.3) is 0 Å². The average molecular weight is 390 g/mol. The first-order valence-corrected chi connectivity index (χ1v) is 9.01. The fourth-order valence-electron chi connectivity index (χ4n) is 2.16. The van der Waals surface area contributed by atoms with Crippen LogP contribution >= 0.6 is 0 Å². The van der Waals surface area contributed by atoms with Crippen LogP contribution in [-0.2, 0) is 16.3 Å². The molecule has 26 heavy (non-hydrogen) atoms. The molecule has 0 aliphatic carbocycles. The second-order valence-electron chi connectivity index (χ2n) is 5.49. The van der Waals surface area contributed by atoms with Crippen molar-refractivity contribution in [2.75, 3.05) is 0 Å². The average Bonchev–Trinajstić information content (AvgIpc) is 2.53. The normalized spacial score (nSPS) is 13.3. The quantitative estimate of drug-likeness (QED) is 0.598. The molecule has 0 aliphatic heterocycles. The van der Waals surface area contributed by atoms with Crippen LogP contribution in [0.1, 0.15) is 24.5 Å². The number of rotatable bonds is 6. The van der Waals surface area contributed by atoms with Crippen molar-refractivity contribution in [1.29, 1.82) is 0 Å². The van der Waals surface area contributed by atoms with Crippen LogP contribution in [0.4, 0.5) is 13.2 Å². The van der Waals surface area contributed by atoms with E-state index in [0.29, 0.717) is 18.1 Å². The molecule has 1 unspecified atom stereocenters. The van der Waals surface area contributed by atoms with Crippen molar-refractivity contribution in [3.05, 3.63) is 53.6 Å². The molecule has 1 atom stereocenters. The van der Waals surface area contributed by atoms with Crippen molar-refractivity contribution < 1.29 is 35.6 Å². The summed E-state index contributed by atoms with van der Waals surface area (Å²) in [4.78, 5) is -0.981. The van der Waals surface area contributed by atoms with Crippen LogP contribution in [0.2, 0.25) is 0 Å². The molecule has 0 saturated carbocycles. The van der Waals surface area contributed by atoms with Gasteiger partial charge in [0.1, 0.15) is 16.4 Å². The van der Waals surface area contributed by atoms with E-state index in [2.05, 4.69) is 0 Å². The Morgan fingerprint density at radius 1 is 1.12 bits per heavy atom. The summed E-state index contributed by atoms with van der Waals surface area (Å²) in [5.41, 5.74) is -0.773. The van der Waals surface area contributed by atoms with Crippen molar-refractivity contribution in [2.45, 2.75) is 37.6 Å². The summed E-state index contributed by atoms with van der Waals surface area (Å²) in [7, 11) is -4.73. The topological polar surface area (TPSA) is 72.8 Å². The van der Waals surface area contributed by atoms with Gasteiger partial charge in [0.2, 0.25) is 0 Å². The highest BCUT2D eigenvalue weighted by molar-refractivity contribution is 7.87. The molecule has 0 bridgehead atoms. The molecule has 0 spiro atoms. The largest absolute Gasteiger partial charge is 0.465 e. The Bertz CT molecular complexity index is 878. The molecule has 0 aromatic heterocycles. The highest BCUT2D eigenvalue weighted by Gasteiger charge is 2.37. The molecular weight excluding hydrogens is 373 g/mol. The maximum Gasteiger partial charge on any atom is 0.417 e. The van der Waals surface area contributed by atoms with Crippen LogP contribution < -0.4 is 8.92 Å². The first-order chi connectivity index (χ1) is 12.0. The number of aliphatic hydroxyl groups is 1. The van der Waals surface area contributed by atoms with E-state index in [1.54, 1.807) is 13.8 Å². The van der Waals surface area contributed by atoms with E-state index < -0.39 is 33.0 Å². The molecule has 2 aromatic carbocycles. The number of alkyl halides is 3. The predicted molar refractivity (Wildman–Crippen MR) is 87.4 cm³/mol. The molecular formula is C17H17F3O5S. The summed E-state index contributed by atoms with van der Waals surface area (Å²) in [6, 6.07) is 7.80. The van der Waals surface area contributed by atoms with E-state index >= 15 is 0 Å². The van der Waals surface area contributed by atoms with E-state index in [1.165, 1.54) is 24.3 Å². The van der Waals surface area contributed by atoms with Crippen molar-refractivity contribution in [3.63, 3.8) is 0 Å². The van der Waals surface area contributed by atoms with Crippen LogP contribution in [0.3, 0.4) is 0 Å². The van der Waals surface area contributed by atoms with Gasteiger partial charge in [-0.1, -0.05) is 19.1 Å². The molecule has 2 rings (SSSR count). The fraction of sp³-hybridized carbons (Fsp3) is 0.294. The second-order valence-corrected chi connectivity index (χ2v) is 7.01. The summed E-state index contributed by atoms with van der Waals surface area (Å²) >= 11 is 0. The third-order valence-corrected chi connectivity index (χ3v) is 4.62. The van der Waals surface area contributed by atoms with E-state index in [1.807, 2.05) is 0 Å². The van der Waals surface area contributed by atoms with Crippen LogP contribution in [0, 0.1) is 6.92 Å². The molecule has 5 nitrogen and oxygen atoms in total. The van der Waals surface area contributed by atoms with Crippen molar-refractivity contribution in [1.82, 2.24) is 0 Å². The first kappa shape index (κ1) is 20.1. The summed E-state index contributed by atoms with van der Waals surface area (Å²) in [6.07, 6.45) is -5.66. The molecule has 0 fully saturated rings. The summed E-state index contributed by atoms with van der Waals surface area (Å²) in [5.74, 6) is -0.0889. The highest BCUT2D eigenvalue weighted by atomic mass is 32.2. The Labute approximate surface area is 149 Å². The van der Waals surface area contributed by atoms with Crippen molar-refractivity contribution in [2.24, 2.45) is 0 Å². The van der Waals surface area contributed by atoms with Gasteiger partial charge in [0.15, 0.2) is 6.29 Å². The van der Waals surface area contributed by atoms with Gasteiger partial charge in [-0.3, -0.25) is 0 Å². The number of aryl methyl sites for hydroxylation is 1. The Morgan fingerprint density at radius 2 is 1.73 bits per heavy atom. The zero-order valence-electron chi connectivity index (χ0n) is 13.9. The summed E-state index contributed by atoms with van der Waals surface area (Å²) < 4.78 is 74.0. The lowest BCUT2D eigenvalue weighted by Crippen LogP contribution is -2.17. The standard InChI is InChI=1S/C17H17F3O5S/c1-3-16(21)24-12-8-11(2)9-13(10-12)25-26(22,23)15-7-5-4-6-14(15)17(18,19)20/h4-10,16,21H,3H2,1-2H3. The smallest absolute Gasteiger partial charge is 0.417 e. The van der Waals surface area contributed by atoms with Gasteiger partial charge >= 0.3 is 16.3 Å². The second kappa shape index (κ2) is 7.55. The van der Waals surface area contributed by atoms with Crippen molar-refractivity contribution in [3.8, 4) is 11.5 Å². The van der Waals surface area contributed by atoms with E-state index in [0.717, 1.165) is 12.1 Å². The monoisotopic (exact) mass is 390 g/mol. The van der Waals surface area contributed by atoms with Gasteiger partial charge in [0.25, 0.3) is 0 Å². The number of aliphatic hydroxyl groups excluding tert-OH is 1. The third kappa shape index (κ3) is 4.89. The molecule has 1 N–H and O–H groups in total. The maximum absolute atomic E-state index is 13.1. The molecule has 2 aromatic rings. The van der Waals surface area contributed by atoms with Crippen LogP contribution in [-0.4, -0.2) is 19.8 Å². The molecule has 0 heterocycles. The number of halogens is 3. The predicted octanol–water partition coefficient (Wildman–Crippen LogP) is 3.89. The maximum atomic E-state index is 13.1. The fourth-order valence-corrected chi connectivity index (χ4v) is 3.30. The Morgan fingerprint density at radius 3 is 2.35 bits per heavy atom. The van der Waals surface area contributed by atoms with E-state index in [4.69, 9.17) is 8.92 Å². The number of benzene rings is 2. The Kier molecular flexibility index (Phi) is 5.82. The summed E-state index contributed by atoms with van der Waals surface area (Å²) in [5, 5.41) is 9.52. The van der Waals surface area contributed by atoms with Gasteiger partial charge in [0.05, 0.1) is 5.56 Å².